The van der Waals surface area contributed by atoms with E-state index in [1.54, 1.807) is 7.05 Å². The van der Waals surface area contributed by atoms with E-state index in [4.69, 9.17) is 18.5 Å². The first kappa shape index (κ1) is 54.0. The fraction of sp³-hybridized carbons (Fsp3) is 0.783. The third-order valence-corrected chi connectivity index (χ3v) is 10.4. The van der Waals surface area contributed by atoms with Gasteiger partial charge in [-0.2, -0.15) is 0 Å². The van der Waals surface area contributed by atoms with E-state index in [1.165, 1.54) is 103 Å². The standard InChI is InChI=1S/C46H84NO8P/c1-4-6-8-10-12-14-16-18-20-21-22-23-25-26-28-30-32-34-36-38-45(48)52-42-44(43-54-56(50,51)53-41-40-47-3)55-46(49)39-37-35-33-31-29-27-24-19-17-15-13-11-9-7-5-2/h7,9,13,15,19,24,29,31,44,47H,4-6,8,10-12,14,16-18,20-23,25-28,30,32-43H2,1-3H3,(H,50,51)/b9-7-,15-13-,24-19-,31-29-. The first-order valence-corrected chi connectivity index (χ1v) is 24.1. The summed E-state index contributed by atoms with van der Waals surface area (Å²) in [4.78, 5) is 35.1. The van der Waals surface area contributed by atoms with Crippen LogP contribution in [0.25, 0.3) is 0 Å². The third-order valence-electron chi connectivity index (χ3n) is 9.46. The molecule has 0 heterocycles. The van der Waals surface area contributed by atoms with Crippen LogP contribution in [0.4, 0.5) is 0 Å². The van der Waals surface area contributed by atoms with Crippen LogP contribution in [0.5, 0.6) is 0 Å². The fourth-order valence-electron chi connectivity index (χ4n) is 6.07. The Hall–Kier alpha value is -2.03. The van der Waals surface area contributed by atoms with Crippen molar-refractivity contribution < 1.29 is 37.6 Å². The molecule has 0 radical (unpaired) electrons. The summed E-state index contributed by atoms with van der Waals surface area (Å²) in [6, 6.07) is 0. The molecule has 0 fully saturated rings. The number of nitrogens with one attached hydrogen (secondary N) is 1. The number of esters is 2. The van der Waals surface area contributed by atoms with Crippen LogP contribution in [-0.2, 0) is 32.7 Å². The predicted molar refractivity (Wildman–Crippen MR) is 234 cm³/mol. The van der Waals surface area contributed by atoms with Crippen molar-refractivity contribution in [3.05, 3.63) is 48.6 Å². The Morgan fingerprint density at radius 1 is 0.571 bits per heavy atom. The minimum Gasteiger partial charge on any atom is -0.462 e. The van der Waals surface area contributed by atoms with Gasteiger partial charge in [-0.15, -0.1) is 0 Å². The summed E-state index contributed by atoms with van der Waals surface area (Å²) in [6.45, 7) is 4.08. The number of carbonyl (C=O) groups excluding carboxylic acids is 2. The van der Waals surface area contributed by atoms with Gasteiger partial charge in [0.1, 0.15) is 6.61 Å². The molecule has 0 rings (SSSR count). The van der Waals surface area contributed by atoms with Gasteiger partial charge in [-0.1, -0.05) is 178 Å². The summed E-state index contributed by atoms with van der Waals surface area (Å²) >= 11 is 0. The molecule has 0 aromatic carbocycles. The molecular formula is C46H84NO8P. The van der Waals surface area contributed by atoms with E-state index >= 15 is 0 Å². The summed E-state index contributed by atoms with van der Waals surface area (Å²) in [7, 11) is -2.67. The zero-order valence-corrected chi connectivity index (χ0v) is 37.0. The zero-order chi connectivity index (χ0) is 41.1. The van der Waals surface area contributed by atoms with Crippen LogP contribution in [0.3, 0.4) is 0 Å². The second kappa shape index (κ2) is 42.6. The van der Waals surface area contributed by atoms with Gasteiger partial charge in [0.25, 0.3) is 0 Å². The second-order valence-electron chi connectivity index (χ2n) is 14.9. The van der Waals surface area contributed by atoms with Crippen molar-refractivity contribution in [3.8, 4) is 0 Å². The number of ether oxygens (including phenoxy) is 2. The fourth-order valence-corrected chi connectivity index (χ4v) is 6.82. The highest BCUT2D eigenvalue weighted by Crippen LogP contribution is 2.43. The number of unbranched alkanes of at least 4 members (excludes halogenated alkanes) is 20. The maximum absolute atomic E-state index is 12.6. The average Bonchev–Trinajstić information content (AvgIpc) is 3.18. The van der Waals surface area contributed by atoms with Crippen molar-refractivity contribution in [1.29, 1.82) is 0 Å². The smallest absolute Gasteiger partial charge is 0.462 e. The zero-order valence-electron chi connectivity index (χ0n) is 36.1. The lowest BCUT2D eigenvalue weighted by Gasteiger charge is -2.20. The summed E-state index contributed by atoms with van der Waals surface area (Å²) in [5.41, 5.74) is 0. The minimum atomic E-state index is -4.36. The predicted octanol–water partition coefficient (Wildman–Crippen LogP) is 13.0. The van der Waals surface area contributed by atoms with Gasteiger partial charge in [-0.3, -0.25) is 18.6 Å². The van der Waals surface area contributed by atoms with Crippen LogP contribution in [0, 0.1) is 0 Å². The van der Waals surface area contributed by atoms with Gasteiger partial charge < -0.3 is 19.7 Å². The highest BCUT2D eigenvalue weighted by molar-refractivity contribution is 7.47. The molecule has 9 nitrogen and oxygen atoms in total. The van der Waals surface area contributed by atoms with Gasteiger partial charge >= 0.3 is 19.8 Å². The lowest BCUT2D eigenvalue weighted by atomic mass is 10.0. The second-order valence-corrected chi connectivity index (χ2v) is 16.3. The Bertz CT molecular complexity index is 1060. The first-order chi connectivity index (χ1) is 27.3. The lowest BCUT2D eigenvalue weighted by Crippen LogP contribution is -2.29. The van der Waals surface area contributed by atoms with Crippen LogP contribution in [0.2, 0.25) is 0 Å². The van der Waals surface area contributed by atoms with Crippen LogP contribution in [0.1, 0.15) is 194 Å². The molecule has 0 amide bonds. The SMILES string of the molecule is CC/C=C\C/C=C\C/C=C\C/C=C\CCCCC(=O)OC(COC(=O)CCCCCCCCCCCCCCCCCCCCC)COP(=O)(O)OCCNC. The van der Waals surface area contributed by atoms with E-state index < -0.39 is 26.5 Å². The lowest BCUT2D eigenvalue weighted by molar-refractivity contribution is -0.161. The van der Waals surface area contributed by atoms with Crippen LogP contribution >= 0.6 is 7.82 Å². The van der Waals surface area contributed by atoms with Gasteiger partial charge in [0.05, 0.1) is 13.2 Å². The van der Waals surface area contributed by atoms with E-state index in [1.807, 2.05) is 0 Å². The largest absolute Gasteiger partial charge is 0.472 e. The Morgan fingerprint density at radius 3 is 1.52 bits per heavy atom. The van der Waals surface area contributed by atoms with E-state index in [9.17, 15) is 19.0 Å². The number of hydrogen-bond donors (Lipinski definition) is 2. The van der Waals surface area contributed by atoms with Gasteiger partial charge in [0, 0.05) is 19.4 Å². The number of phosphoric ester groups is 1. The molecule has 0 aliphatic rings. The van der Waals surface area contributed by atoms with Crippen molar-refractivity contribution in [1.82, 2.24) is 5.32 Å². The van der Waals surface area contributed by atoms with Gasteiger partial charge in [-0.05, 0) is 58.4 Å². The molecule has 0 spiro atoms. The maximum atomic E-state index is 12.6. The molecule has 0 aliphatic heterocycles. The molecule has 0 aromatic heterocycles. The monoisotopic (exact) mass is 810 g/mol. The summed E-state index contributed by atoms with van der Waals surface area (Å²) in [5.74, 6) is -0.851. The Balaban J connectivity index is 4.21. The van der Waals surface area contributed by atoms with E-state index in [-0.39, 0.29) is 32.0 Å². The molecule has 0 bridgehead atoms. The Kier molecular flexibility index (Phi) is 41.0. The number of hydrogen-bond acceptors (Lipinski definition) is 8. The van der Waals surface area contributed by atoms with Crippen molar-refractivity contribution >= 4 is 19.8 Å². The molecule has 2 N–H and O–H groups in total. The third kappa shape index (κ3) is 41.6. The van der Waals surface area contributed by atoms with Crippen LogP contribution in [0.15, 0.2) is 48.6 Å². The van der Waals surface area contributed by atoms with E-state index in [0.29, 0.717) is 13.0 Å². The normalized spacial score (nSPS) is 13.7. The summed E-state index contributed by atoms with van der Waals surface area (Å²) < 4.78 is 33.2. The molecule has 2 unspecified atom stereocenters. The van der Waals surface area contributed by atoms with Crippen LogP contribution in [-0.4, -0.2) is 56.3 Å². The topological polar surface area (TPSA) is 120 Å². The quantitative estimate of drug-likeness (QED) is 0.0269. The number of carbonyl (C=O) groups is 2. The number of phosphoric acid groups is 1. The molecule has 326 valence electrons. The highest BCUT2D eigenvalue weighted by atomic mass is 31.2. The molecule has 2 atom stereocenters. The summed E-state index contributed by atoms with van der Waals surface area (Å²) in [5, 5.41) is 2.82. The van der Waals surface area contributed by atoms with Crippen molar-refractivity contribution in [2.75, 3.05) is 33.4 Å². The maximum Gasteiger partial charge on any atom is 0.472 e. The molecule has 56 heavy (non-hydrogen) atoms. The Morgan fingerprint density at radius 2 is 1.02 bits per heavy atom. The highest BCUT2D eigenvalue weighted by Gasteiger charge is 2.26. The number of allylic oxidation sites excluding steroid dienone is 8. The van der Waals surface area contributed by atoms with Gasteiger partial charge in [-0.25, -0.2) is 4.57 Å². The summed E-state index contributed by atoms with van der Waals surface area (Å²) in [6.07, 6.45) is 47.4. The van der Waals surface area contributed by atoms with Crippen molar-refractivity contribution in [2.45, 2.75) is 200 Å². The van der Waals surface area contributed by atoms with Crippen molar-refractivity contribution in [3.63, 3.8) is 0 Å². The molecule has 0 saturated heterocycles. The molecule has 0 aromatic rings. The average molecular weight is 810 g/mol. The minimum absolute atomic E-state index is 0.0254. The van der Waals surface area contributed by atoms with Gasteiger partial charge in [0.15, 0.2) is 6.10 Å². The Labute approximate surface area is 343 Å². The molecular weight excluding hydrogens is 725 g/mol. The van der Waals surface area contributed by atoms with Crippen LogP contribution < -0.4 is 5.32 Å². The van der Waals surface area contributed by atoms with Crippen molar-refractivity contribution in [2.24, 2.45) is 0 Å². The van der Waals surface area contributed by atoms with Gasteiger partial charge in [0.2, 0.25) is 0 Å². The first-order valence-electron chi connectivity index (χ1n) is 22.6. The molecule has 10 heteroatoms. The number of likely N-dealkylation sites (N-methyl/N-ethyl adjacent to an activating group) is 1. The molecule has 0 saturated carbocycles. The number of rotatable bonds is 42. The van der Waals surface area contributed by atoms with E-state index in [0.717, 1.165) is 57.8 Å². The van der Waals surface area contributed by atoms with E-state index in [2.05, 4.69) is 67.8 Å². The molecule has 0 aliphatic carbocycles.